The highest BCUT2D eigenvalue weighted by molar-refractivity contribution is 7.87. The van der Waals surface area contributed by atoms with Crippen molar-refractivity contribution in [3.05, 3.63) is 0 Å². The van der Waals surface area contributed by atoms with E-state index in [-0.39, 0.29) is 0 Å². The van der Waals surface area contributed by atoms with Gasteiger partial charge in [0, 0.05) is 26.2 Å². The smallest absolute Gasteiger partial charge is 0.279 e. The number of nitrogens with one attached hydrogen (secondary N) is 2. The van der Waals surface area contributed by atoms with Gasteiger partial charge in [-0.3, -0.25) is 0 Å². The Hall–Kier alpha value is -0.170. The molecule has 0 aromatic carbocycles. The average molecular weight is 219 g/mol. The van der Waals surface area contributed by atoms with E-state index in [2.05, 4.69) is 10.0 Å². The van der Waals surface area contributed by atoms with E-state index in [0.29, 0.717) is 25.0 Å². The van der Waals surface area contributed by atoms with Crippen LogP contribution in [0.3, 0.4) is 0 Å². The van der Waals surface area contributed by atoms with Crippen molar-refractivity contribution in [3.8, 4) is 0 Å². The molecular formula is C8H17N3O2S. The maximum Gasteiger partial charge on any atom is 0.279 e. The van der Waals surface area contributed by atoms with Crippen LogP contribution in [0, 0.1) is 5.92 Å². The zero-order chi connectivity index (χ0) is 10.2. The molecule has 2 unspecified atom stereocenters. The van der Waals surface area contributed by atoms with E-state index in [1.54, 1.807) is 4.31 Å². The van der Waals surface area contributed by atoms with Gasteiger partial charge >= 0.3 is 0 Å². The zero-order valence-corrected chi connectivity index (χ0v) is 9.18. The number of piperidine rings is 1. The Bertz CT molecular complexity index is 290. The minimum absolute atomic E-state index is 0.367. The molecule has 0 radical (unpaired) electrons. The summed E-state index contributed by atoms with van der Waals surface area (Å²) in [5, 5.41) is 3.37. The lowest BCUT2D eigenvalue weighted by Gasteiger charge is -2.24. The Morgan fingerprint density at radius 1 is 1.43 bits per heavy atom. The summed E-state index contributed by atoms with van der Waals surface area (Å²) in [4.78, 5) is 0. The van der Waals surface area contributed by atoms with Crippen molar-refractivity contribution in [3.63, 3.8) is 0 Å². The van der Waals surface area contributed by atoms with Crippen LogP contribution in [-0.2, 0) is 10.2 Å². The van der Waals surface area contributed by atoms with E-state index < -0.39 is 10.2 Å². The van der Waals surface area contributed by atoms with Crippen LogP contribution in [0.1, 0.15) is 12.8 Å². The molecule has 2 saturated heterocycles. The van der Waals surface area contributed by atoms with Gasteiger partial charge < -0.3 is 5.32 Å². The Kier molecular flexibility index (Phi) is 2.79. The molecule has 2 rings (SSSR count). The molecular weight excluding hydrogens is 202 g/mol. The minimum Gasteiger partial charge on any atom is -0.312 e. The molecule has 0 aromatic heterocycles. The first-order chi connectivity index (χ1) is 6.63. The van der Waals surface area contributed by atoms with Crippen LogP contribution in [0.25, 0.3) is 0 Å². The molecule has 2 heterocycles. The first-order valence-electron chi connectivity index (χ1n) is 5.05. The lowest BCUT2D eigenvalue weighted by molar-refractivity contribution is 0.339. The molecule has 0 amide bonds. The molecule has 0 aromatic rings. The van der Waals surface area contributed by atoms with Crippen LogP contribution in [0.15, 0.2) is 0 Å². The van der Waals surface area contributed by atoms with E-state index in [0.717, 1.165) is 19.4 Å². The second kappa shape index (κ2) is 3.77. The second-order valence-electron chi connectivity index (χ2n) is 3.99. The van der Waals surface area contributed by atoms with Crippen molar-refractivity contribution in [2.75, 3.05) is 26.7 Å². The third-order valence-corrected chi connectivity index (χ3v) is 4.66. The van der Waals surface area contributed by atoms with Gasteiger partial charge in [0.25, 0.3) is 10.2 Å². The summed E-state index contributed by atoms with van der Waals surface area (Å²) in [6.07, 6.45) is 2.31. The largest absolute Gasteiger partial charge is 0.312 e. The molecule has 14 heavy (non-hydrogen) atoms. The van der Waals surface area contributed by atoms with Crippen molar-refractivity contribution < 1.29 is 8.42 Å². The number of nitrogens with zero attached hydrogens (tertiary/aromatic N) is 1. The standard InChI is InChI=1S/C8H17N3O2S/c1-9-14(12,13)11-5-7-3-2-4-10-8(7)6-11/h7-10H,2-6H2,1H3. The van der Waals surface area contributed by atoms with Crippen LogP contribution in [0.2, 0.25) is 0 Å². The highest BCUT2D eigenvalue weighted by Gasteiger charge is 2.38. The molecule has 5 nitrogen and oxygen atoms in total. The molecule has 0 bridgehead atoms. The molecule has 6 heteroatoms. The molecule has 82 valence electrons. The summed E-state index contributed by atoms with van der Waals surface area (Å²) in [6.45, 7) is 2.31. The molecule has 0 spiro atoms. The van der Waals surface area contributed by atoms with Crippen molar-refractivity contribution in [1.29, 1.82) is 0 Å². The lowest BCUT2D eigenvalue weighted by atomic mass is 9.94. The molecule has 0 saturated carbocycles. The minimum atomic E-state index is -3.21. The van der Waals surface area contributed by atoms with E-state index >= 15 is 0 Å². The SMILES string of the molecule is CNS(=O)(=O)N1CC2CCCNC2C1. The van der Waals surface area contributed by atoms with Gasteiger partial charge in [-0.05, 0) is 25.3 Å². The fraction of sp³-hybridized carbons (Fsp3) is 1.00. The Morgan fingerprint density at radius 2 is 2.21 bits per heavy atom. The van der Waals surface area contributed by atoms with Crippen molar-refractivity contribution in [2.45, 2.75) is 18.9 Å². The first kappa shape index (κ1) is 10.4. The number of hydrogen-bond acceptors (Lipinski definition) is 3. The highest BCUT2D eigenvalue weighted by Crippen LogP contribution is 2.25. The molecule has 2 aliphatic heterocycles. The monoisotopic (exact) mass is 219 g/mol. The van der Waals surface area contributed by atoms with Crippen molar-refractivity contribution in [1.82, 2.24) is 14.3 Å². The third-order valence-electron chi connectivity index (χ3n) is 3.16. The Morgan fingerprint density at radius 3 is 2.86 bits per heavy atom. The maximum atomic E-state index is 11.5. The summed E-state index contributed by atoms with van der Waals surface area (Å²) >= 11 is 0. The average Bonchev–Trinajstić information content (AvgIpc) is 2.61. The fourth-order valence-electron chi connectivity index (χ4n) is 2.33. The molecule has 2 aliphatic rings. The predicted molar refractivity (Wildman–Crippen MR) is 54.1 cm³/mol. The maximum absolute atomic E-state index is 11.5. The normalized spacial score (nSPS) is 34.4. The Labute approximate surface area is 85.0 Å². The van der Waals surface area contributed by atoms with Gasteiger partial charge in [-0.2, -0.15) is 12.7 Å². The fourth-order valence-corrected chi connectivity index (χ4v) is 3.34. The van der Waals surface area contributed by atoms with E-state index in [1.807, 2.05) is 0 Å². The topological polar surface area (TPSA) is 61.4 Å². The summed E-state index contributed by atoms with van der Waals surface area (Å²) in [7, 11) is -1.75. The summed E-state index contributed by atoms with van der Waals surface area (Å²) < 4.78 is 27.0. The third kappa shape index (κ3) is 1.79. The number of fused-ring (bicyclic) bond motifs is 1. The van der Waals surface area contributed by atoms with Gasteiger partial charge in [0.05, 0.1) is 0 Å². The zero-order valence-electron chi connectivity index (χ0n) is 8.36. The van der Waals surface area contributed by atoms with Crippen LogP contribution < -0.4 is 10.0 Å². The van der Waals surface area contributed by atoms with Crippen LogP contribution in [-0.4, -0.2) is 45.4 Å². The van der Waals surface area contributed by atoms with E-state index in [4.69, 9.17) is 0 Å². The van der Waals surface area contributed by atoms with Crippen LogP contribution >= 0.6 is 0 Å². The summed E-state index contributed by atoms with van der Waals surface area (Å²) in [5.74, 6) is 0.506. The lowest BCUT2D eigenvalue weighted by Crippen LogP contribution is -2.42. The van der Waals surface area contributed by atoms with Crippen LogP contribution in [0.5, 0.6) is 0 Å². The van der Waals surface area contributed by atoms with Gasteiger partial charge in [0.15, 0.2) is 0 Å². The van der Waals surface area contributed by atoms with Gasteiger partial charge in [-0.15, -0.1) is 0 Å². The molecule has 2 fully saturated rings. The first-order valence-corrected chi connectivity index (χ1v) is 6.49. The van der Waals surface area contributed by atoms with E-state index in [9.17, 15) is 8.42 Å². The highest BCUT2D eigenvalue weighted by atomic mass is 32.2. The quantitative estimate of drug-likeness (QED) is 0.635. The number of rotatable bonds is 2. The molecule has 0 aliphatic carbocycles. The molecule has 2 N–H and O–H groups in total. The Balaban J connectivity index is 2.06. The van der Waals surface area contributed by atoms with E-state index in [1.165, 1.54) is 7.05 Å². The van der Waals surface area contributed by atoms with Crippen LogP contribution in [0.4, 0.5) is 0 Å². The van der Waals surface area contributed by atoms with Gasteiger partial charge in [0.2, 0.25) is 0 Å². The second-order valence-corrected chi connectivity index (χ2v) is 5.86. The number of hydrogen-bond donors (Lipinski definition) is 2. The summed E-state index contributed by atoms with van der Waals surface area (Å²) in [5.41, 5.74) is 0. The van der Waals surface area contributed by atoms with Crippen molar-refractivity contribution in [2.24, 2.45) is 5.92 Å². The van der Waals surface area contributed by atoms with Gasteiger partial charge in [0.1, 0.15) is 0 Å². The molecule has 2 atom stereocenters. The summed E-state index contributed by atoms with van der Waals surface area (Å²) in [6, 6.07) is 0.367. The predicted octanol–water partition coefficient (Wildman–Crippen LogP) is -0.866. The van der Waals surface area contributed by atoms with Gasteiger partial charge in [-0.1, -0.05) is 0 Å². The van der Waals surface area contributed by atoms with Gasteiger partial charge in [-0.25, -0.2) is 4.72 Å². The van der Waals surface area contributed by atoms with Crippen molar-refractivity contribution >= 4 is 10.2 Å².